The van der Waals surface area contributed by atoms with Crippen molar-refractivity contribution in [2.24, 2.45) is 0 Å². The number of amides is 1. The van der Waals surface area contributed by atoms with Crippen molar-refractivity contribution in [2.45, 2.75) is 57.0 Å². The molecule has 1 amide bonds. The first-order chi connectivity index (χ1) is 11.7. The fraction of sp³-hybridized carbons (Fsp3) is 0.611. The third kappa shape index (κ3) is 5.03. The van der Waals surface area contributed by atoms with Gasteiger partial charge in [0.2, 0.25) is 15.9 Å². The number of nitrogens with zero attached hydrogens (tertiary/aromatic N) is 2. The zero-order valence-corrected chi connectivity index (χ0v) is 16.3. The zero-order valence-electron chi connectivity index (χ0n) is 15.5. The smallest absolute Gasteiger partial charge is 0.243 e. The second-order valence-electron chi connectivity index (χ2n) is 7.00. The minimum atomic E-state index is -3.50. The second kappa shape index (κ2) is 8.29. The first-order valence-electron chi connectivity index (χ1n) is 8.84. The van der Waals surface area contributed by atoms with Crippen LogP contribution in [0.5, 0.6) is 0 Å². The van der Waals surface area contributed by atoms with Crippen molar-refractivity contribution in [3.8, 4) is 0 Å². The molecule has 0 radical (unpaired) electrons. The molecule has 2 rings (SSSR count). The van der Waals surface area contributed by atoms with Gasteiger partial charge in [-0.05, 0) is 64.4 Å². The SMILES string of the molecule is CC(C)N(C)S(=O)(=O)c1ccc(NC(=O)CN2CCCC[C@@H]2C)cc1. The van der Waals surface area contributed by atoms with E-state index < -0.39 is 10.0 Å². The molecule has 0 saturated carbocycles. The zero-order chi connectivity index (χ0) is 18.6. The summed E-state index contributed by atoms with van der Waals surface area (Å²) >= 11 is 0. The molecular weight excluding hydrogens is 338 g/mol. The third-order valence-electron chi connectivity index (χ3n) is 4.83. The molecule has 7 heteroatoms. The summed E-state index contributed by atoms with van der Waals surface area (Å²) in [5.41, 5.74) is 0.612. The molecule has 1 aliphatic rings. The number of carbonyl (C=O) groups is 1. The van der Waals surface area contributed by atoms with Gasteiger partial charge in [-0.25, -0.2) is 8.42 Å². The van der Waals surface area contributed by atoms with E-state index in [2.05, 4.69) is 17.1 Å². The minimum absolute atomic E-state index is 0.0661. The molecule has 1 aromatic rings. The second-order valence-corrected chi connectivity index (χ2v) is 9.00. The van der Waals surface area contributed by atoms with Crippen molar-refractivity contribution in [3.63, 3.8) is 0 Å². The first-order valence-corrected chi connectivity index (χ1v) is 10.3. The molecule has 1 aliphatic heterocycles. The van der Waals surface area contributed by atoms with Gasteiger partial charge < -0.3 is 5.32 Å². The molecule has 1 saturated heterocycles. The van der Waals surface area contributed by atoms with Crippen LogP contribution in [0.3, 0.4) is 0 Å². The Morgan fingerprint density at radius 1 is 1.28 bits per heavy atom. The fourth-order valence-electron chi connectivity index (χ4n) is 2.93. The van der Waals surface area contributed by atoms with Gasteiger partial charge in [-0.1, -0.05) is 6.42 Å². The molecule has 0 aromatic heterocycles. The number of hydrogen-bond donors (Lipinski definition) is 1. The summed E-state index contributed by atoms with van der Waals surface area (Å²) in [5, 5.41) is 2.85. The number of benzene rings is 1. The van der Waals surface area contributed by atoms with Crippen molar-refractivity contribution in [1.82, 2.24) is 9.21 Å². The van der Waals surface area contributed by atoms with Gasteiger partial charge in [0.1, 0.15) is 0 Å². The van der Waals surface area contributed by atoms with Crippen molar-refractivity contribution >= 4 is 21.6 Å². The predicted molar refractivity (Wildman–Crippen MR) is 100 cm³/mol. The summed E-state index contributed by atoms with van der Waals surface area (Å²) in [7, 11) is -1.94. The van der Waals surface area contributed by atoms with Crippen LogP contribution in [-0.4, -0.2) is 55.8 Å². The number of piperidine rings is 1. The van der Waals surface area contributed by atoms with Crippen LogP contribution in [0.2, 0.25) is 0 Å². The highest BCUT2D eigenvalue weighted by Crippen LogP contribution is 2.20. The molecule has 6 nitrogen and oxygen atoms in total. The Balaban J connectivity index is 1.99. The molecule has 1 fully saturated rings. The lowest BCUT2D eigenvalue weighted by molar-refractivity contribution is -0.118. The maximum absolute atomic E-state index is 12.4. The van der Waals surface area contributed by atoms with Gasteiger partial charge >= 0.3 is 0 Å². The molecule has 0 unspecified atom stereocenters. The summed E-state index contributed by atoms with van der Waals surface area (Å²) < 4.78 is 26.2. The van der Waals surface area contributed by atoms with E-state index in [0.29, 0.717) is 18.3 Å². The first kappa shape index (κ1) is 19.9. The predicted octanol–water partition coefficient (Wildman–Crippen LogP) is 2.53. The summed E-state index contributed by atoms with van der Waals surface area (Å²) in [6.07, 6.45) is 3.48. The number of hydrogen-bond acceptors (Lipinski definition) is 4. The highest BCUT2D eigenvalue weighted by atomic mass is 32.2. The molecule has 1 N–H and O–H groups in total. The molecule has 1 heterocycles. The van der Waals surface area contributed by atoms with Crippen molar-refractivity contribution in [3.05, 3.63) is 24.3 Å². The largest absolute Gasteiger partial charge is 0.325 e. The Kier molecular flexibility index (Phi) is 6.59. The van der Waals surface area contributed by atoms with Crippen molar-refractivity contribution < 1.29 is 13.2 Å². The van der Waals surface area contributed by atoms with E-state index in [1.807, 2.05) is 13.8 Å². The van der Waals surface area contributed by atoms with Crippen LogP contribution in [0.15, 0.2) is 29.2 Å². The Hall–Kier alpha value is -1.44. The van der Waals surface area contributed by atoms with E-state index in [1.165, 1.54) is 22.9 Å². The summed E-state index contributed by atoms with van der Waals surface area (Å²) in [6, 6.07) is 6.66. The van der Waals surface area contributed by atoms with E-state index in [9.17, 15) is 13.2 Å². The van der Waals surface area contributed by atoms with Crippen molar-refractivity contribution in [1.29, 1.82) is 0 Å². The Labute approximate surface area is 151 Å². The van der Waals surface area contributed by atoms with Gasteiger partial charge in [0.25, 0.3) is 0 Å². The average Bonchev–Trinajstić information content (AvgIpc) is 2.56. The Bertz CT molecular complexity index is 686. The molecule has 140 valence electrons. The van der Waals surface area contributed by atoms with Crippen LogP contribution in [0.1, 0.15) is 40.0 Å². The standard InChI is InChI=1S/C18H29N3O3S/c1-14(2)20(4)25(23,24)17-10-8-16(9-11-17)19-18(22)13-21-12-6-5-7-15(21)3/h8-11,14-15H,5-7,12-13H2,1-4H3,(H,19,22)/t15-/m0/s1. The minimum Gasteiger partial charge on any atom is -0.325 e. The van der Waals surface area contributed by atoms with E-state index in [4.69, 9.17) is 0 Å². The fourth-order valence-corrected chi connectivity index (χ4v) is 4.30. The number of carbonyl (C=O) groups excluding carboxylic acids is 1. The number of anilines is 1. The summed E-state index contributed by atoms with van der Waals surface area (Å²) in [4.78, 5) is 14.6. The van der Waals surface area contributed by atoms with Gasteiger partial charge in [0, 0.05) is 24.8 Å². The van der Waals surface area contributed by atoms with Crippen LogP contribution >= 0.6 is 0 Å². The van der Waals surface area contributed by atoms with Gasteiger partial charge in [-0.15, -0.1) is 0 Å². The monoisotopic (exact) mass is 367 g/mol. The molecule has 1 aromatic carbocycles. The molecule has 0 aliphatic carbocycles. The topological polar surface area (TPSA) is 69.7 Å². The number of sulfonamides is 1. The molecule has 0 spiro atoms. The van der Waals surface area contributed by atoms with E-state index >= 15 is 0 Å². The van der Waals surface area contributed by atoms with Gasteiger partial charge in [-0.2, -0.15) is 4.31 Å². The maximum Gasteiger partial charge on any atom is 0.243 e. The van der Waals surface area contributed by atoms with Gasteiger partial charge in [0.15, 0.2) is 0 Å². The normalized spacial score (nSPS) is 19.4. The van der Waals surface area contributed by atoms with Crippen molar-refractivity contribution in [2.75, 3.05) is 25.5 Å². The summed E-state index contributed by atoms with van der Waals surface area (Å²) in [5.74, 6) is -0.0661. The Morgan fingerprint density at radius 2 is 1.92 bits per heavy atom. The lowest BCUT2D eigenvalue weighted by atomic mass is 10.0. The van der Waals surface area contributed by atoms with Crippen LogP contribution in [0.25, 0.3) is 0 Å². The number of likely N-dealkylation sites (tertiary alicyclic amines) is 1. The Morgan fingerprint density at radius 3 is 2.48 bits per heavy atom. The maximum atomic E-state index is 12.4. The van der Waals surface area contributed by atoms with E-state index in [0.717, 1.165) is 19.4 Å². The van der Waals surface area contributed by atoms with Crippen LogP contribution < -0.4 is 5.32 Å². The highest BCUT2D eigenvalue weighted by molar-refractivity contribution is 7.89. The number of rotatable bonds is 6. The molecule has 0 bridgehead atoms. The molecule has 25 heavy (non-hydrogen) atoms. The van der Waals surface area contributed by atoms with E-state index in [-0.39, 0.29) is 16.8 Å². The average molecular weight is 368 g/mol. The lowest BCUT2D eigenvalue weighted by Gasteiger charge is -2.32. The van der Waals surface area contributed by atoms with Gasteiger partial charge in [0.05, 0.1) is 11.4 Å². The third-order valence-corrected chi connectivity index (χ3v) is 6.88. The summed E-state index contributed by atoms with van der Waals surface area (Å²) in [6.45, 7) is 7.13. The lowest BCUT2D eigenvalue weighted by Crippen LogP contribution is -2.42. The van der Waals surface area contributed by atoms with Crippen LogP contribution in [0, 0.1) is 0 Å². The number of nitrogens with one attached hydrogen (secondary N) is 1. The van der Waals surface area contributed by atoms with E-state index in [1.54, 1.807) is 19.2 Å². The van der Waals surface area contributed by atoms with Gasteiger partial charge in [-0.3, -0.25) is 9.69 Å². The highest BCUT2D eigenvalue weighted by Gasteiger charge is 2.23. The van der Waals surface area contributed by atoms with Crippen LogP contribution in [0.4, 0.5) is 5.69 Å². The molecular formula is C18H29N3O3S. The van der Waals surface area contributed by atoms with Crippen LogP contribution in [-0.2, 0) is 14.8 Å². The molecule has 1 atom stereocenters. The quantitative estimate of drug-likeness (QED) is 0.839.